The second-order valence-corrected chi connectivity index (χ2v) is 3.69. The number of rotatable bonds is 2. The van der Waals surface area contributed by atoms with Crippen LogP contribution >= 0.6 is 0 Å². The highest BCUT2D eigenvalue weighted by Crippen LogP contribution is 2.17. The second kappa shape index (κ2) is 4.91. The molecule has 0 N–H and O–H groups in total. The number of benzene rings is 1. The molecule has 0 spiro atoms. The van der Waals surface area contributed by atoms with Gasteiger partial charge in [-0.2, -0.15) is 4.39 Å². The fraction of sp³-hybridized carbons (Fsp3) is 0.0769. The number of aromatic nitrogens is 1. The van der Waals surface area contributed by atoms with Crippen LogP contribution in [0.1, 0.15) is 10.4 Å². The first-order chi connectivity index (χ1) is 8.59. The monoisotopic (exact) mass is 248 g/mol. The first kappa shape index (κ1) is 12.2. The maximum atomic E-state index is 13.4. The third-order valence-electron chi connectivity index (χ3n) is 2.49. The molecule has 3 nitrogen and oxygen atoms in total. The molecule has 1 aromatic carbocycles. The number of anilines is 1. The predicted octanol–water partition coefficient (Wildman–Crippen LogP) is 2.64. The van der Waals surface area contributed by atoms with Crippen molar-refractivity contribution < 1.29 is 13.6 Å². The normalized spacial score (nSPS) is 10.2. The van der Waals surface area contributed by atoms with E-state index in [1.54, 1.807) is 6.07 Å². The number of pyridine rings is 1. The van der Waals surface area contributed by atoms with Gasteiger partial charge in [-0.1, -0.05) is 6.07 Å². The molecule has 0 aliphatic heterocycles. The largest absolute Gasteiger partial charge is 0.311 e. The molecule has 0 aliphatic carbocycles. The van der Waals surface area contributed by atoms with Crippen LogP contribution in [0.15, 0.2) is 42.6 Å². The molecule has 2 rings (SSSR count). The standard InChI is InChI=1S/C13H10F2N2O/c1-17(10-5-2-4-9(14)8-10)13(18)11-6-3-7-16-12(11)15/h2-8H,1H3. The van der Waals surface area contributed by atoms with Crippen LogP contribution < -0.4 is 4.90 Å². The molecule has 0 saturated heterocycles. The van der Waals surface area contributed by atoms with Crippen molar-refractivity contribution >= 4 is 11.6 Å². The van der Waals surface area contributed by atoms with Crippen LogP contribution in [0.3, 0.4) is 0 Å². The Morgan fingerprint density at radius 1 is 1.22 bits per heavy atom. The van der Waals surface area contributed by atoms with Crippen LogP contribution in [0.2, 0.25) is 0 Å². The summed E-state index contributed by atoms with van der Waals surface area (Å²) in [5, 5.41) is 0. The molecule has 1 aromatic heterocycles. The molecule has 0 fully saturated rings. The number of hydrogen-bond donors (Lipinski definition) is 0. The Balaban J connectivity index is 2.32. The Kier molecular flexibility index (Phi) is 3.32. The molecule has 5 heteroatoms. The molecule has 0 bridgehead atoms. The van der Waals surface area contributed by atoms with Gasteiger partial charge in [-0.25, -0.2) is 9.37 Å². The number of carbonyl (C=O) groups is 1. The van der Waals surface area contributed by atoms with Crippen molar-refractivity contribution in [3.8, 4) is 0 Å². The minimum Gasteiger partial charge on any atom is -0.311 e. The number of nitrogens with zero attached hydrogens (tertiary/aromatic N) is 2. The number of amides is 1. The maximum Gasteiger partial charge on any atom is 0.262 e. The van der Waals surface area contributed by atoms with E-state index in [0.29, 0.717) is 5.69 Å². The fourth-order valence-electron chi connectivity index (χ4n) is 1.53. The summed E-state index contributed by atoms with van der Waals surface area (Å²) in [6.07, 6.45) is 1.26. The lowest BCUT2D eigenvalue weighted by atomic mass is 10.2. The van der Waals surface area contributed by atoms with Crippen LogP contribution in [0.25, 0.3) is 0 Å². The number of carbonyl (C=O) groups excluding carboxylic acids is 1. The zero-order valence-electron chi connectivity index (χ0n) is 9.60. The van der Waals surface area contributed by atoms with Gasteiger partial charge in [-0.3, -0.25) is 4.79 Å². The van der Waals surface area contributed by atoms with Crippen LogP contribution in [0.5, 0.6) is 0 Å². The lowest BCUT2D eigenvalue weighted by molar-refractivity contribution is 0.0988. The smallest absolute Gasteiger partial charge is 0.262 e. The zero-order valence-corrected chi connectivity index (χ0v) is 9.60. The van der Waals surface area contributed by atoms with Crippen LogP contribution in [-0.4, -0.2) is 17.9 Å². The number of hydrogen-bond acceptors (Lipinski definition) is 2. The van der Waals surface area contributed by atoms with E-state index in [4.69, 9.17) is 0 Å². The highest BCUT2D eigenvalue weighted by molar-refractivity contribution is 6.05. The number of halogens is 2. The van der Waals surface area contributed by atoms with Crippen molar-refractivity contribution in [2.45, 2.75) is 0 Å². The second-order valence-electron chi connectivity index (χ2n) is 3.69. The van der Waals surface area contributed by atoms with Crippen molar-refractivity contribution in [2.24, 2.45) is 0 Å². The average molecular weight is 248 g/mol. The van der Waals surface area contributed by atoms with Crippen molar-refractivity contribution in [3.05, 3.63) is 59.9 Å². The fourth-order valence-corrected chi connectivity index (χ4v) is 1.53. The van der Waals surface area contributed by atoms with E-state index < -0.39 is 17.7 Å². The van der Waals surface area contributed by atoms with Crippen LogP contribution in [0.4, 0.5) is 14.5 Å². The average Bonchev–Trinajstić information content (AvgIpc) is 2.37. The summed E-state index contributed by atoms with van der Waals surface area (Å²) in [5.41, 5.74) is 0.201. The van der Waals surface area contributed by atoms with Gasteiger partial charge in [0.05, 0.1) is 5.56 Å². The van der Waals surface area contributed by atoms with Crippen molar-refractivity contribution in [2.75, 3.05) is 11.9 Å². The molecule has 1 amide bonds. The van der Waals surface area contributed by atoms with E-state index in [1.807, 2.05) is 0 Å². The van der Waals surface area contributed by atoms with E-state index >= 15 is 0 Å². The van der Waals surface area contributed by atoms with E-state index in [2.05, 4.69) is 4.98 Å². The molecule has 0 saturated carbocycles. The maximum absolute atomic E-state index is 13.4. The Labute approximate surface area is 103 Å². The Bertz CT molecular complexity index is 587. The molecule has 0 aliphatic rings. The summed E-state index contributed by atoms with van der Waals surface area (Å²) in [5.74, 6) is -1.88. The third-order valence-corrected chi connectivity index (χ3v) is 2.49. The first-order valence-corrected chi connectivity index (χ1v) is 5.24. The van der Waals surface area contributed by atoms with Gasteiger partial charge in [0.25, 0.3) is 5.91 Å². The van der Waals surface area contributed by atoms with Crippen LogP contribution in [0, 0.1) is 11.8 Å². The zero-order chi connectivity index (χ0) is 13.1. The SMILES string of the molecule is CN(C(=O)c1cccnc1F)c1cccc(F)c1. The van der Waals surface area contributed by atoms with E-state index in [0.717, 1.165) is 0 Å². The third kappa shape index (κ3) is 2.34. The molecule has 0 unspecified atom stereocenters. The van der Waals surface area contributed by atoms with Gasteiger partial charge >= 0.3 is 0 Å². The minimum absolute atomic E-state index is 0.149. The van der Waals surface area contributed by atoms with E-state index in [1.165, 1.54) is 48.5 Å². The molecule has 92 valence electrons. The molecular formula is C13H10F2N2O. The van der Waals surface area contributed by atoms with Crippen molar-refractivity contribution in [1.82, 2.24) is 4.98 Å². The van der Waals surface area contributed by atoms with E-state index in [-0.39, 0.29) is 5.56 Å². The lowest BCUT2D eigenvalue weighted by Crippen LogP contribution is -2.27. The van der Waals surface area contributed by atoms with Crippen molar-refractivity contribution in [1.29, 1.82) is 0 Å². The van der Waals surface area contributed by atoms with Gasteiger partial charge < -0.3 is 4.90 Å². The highest BCUT2D eigenvalue weighted by atomic mass is 19.1. The summed E-state index contributed by atoms with van der Waals surface area (Å²) in [6.45, 7) is 0. The Morgan fingerprint density at radius 2 is 2.00 bits per heavy atom. The van der Waals surface area contributed by atoms with Gasteiger partial charge in [0.1, 0.15) is 5.82 Å². The minimum atomic E-state index is -0.842. The van der Waals surface area contributed by atoms with Gasteiger partial charge in [-0.05, 0) is 30.3 Å². The summed E-state index contributed by atoms with van der Waals surface area (Å²) >= 11 is 0. The Morgan fingerprint density at radius 3 is 2.67 bits per heavy atom. The highest BCUT2D eigenvalue weighted by Gasteiger charge is 2.17. The summed E-state index contributed by atoms with van der Waals surface area (Å²) in [4.78, 5) is 16.6. The topological polar surface area (TPSA) is 33.2 Å². The summed E-state index contributed by atoms with van der Waals surface area (Å²) < 4.78 is 26.4. The summed E-state index contributed by atoms with van der Waals surface area (Å²) in [7, 11) is 1.45. The van der Waals surface area contributed by atoms with Crippen LogP contribution in [-0.2, 0) is 0 Å². The Hall–Kier alpha value is -2.30. The van der Waals surface area contributed by atoms with Gasteiger partial charge in [-0.15, -0.1) is 0 Å². The molecule has 0 atom stereocenters. The van der Waals surface area contributed by atoms with Gasteiger partial charge in [0, 0.05) is 18.9 Å². The lowest BCUT2D eigenvalue weighted by Gasteiger charge is -2.17. The van der Waals surface area contributed by atoms with Crippen molar-refractivity contribution in [3.63, 3.8) is 0 Å². The molecular weight excluding hydrogens is 238 g/mol. The predicted molar refractivity (Wildman–Crippen MR) is 63.3 cm³/mol. The van der Waals surface area contributed by atoms with Gasteiger partial charge in [0.15, 0.2) is 0 Å². The van der Waals surface area contributed by atoms with Gasteiger partial charge in [0.2, 0.25) is 5.95 Å². The summed E-state index contributed by atoms with van der Waals surface area (Å²) in [6, 6.07) is 8.32. The first-order valence-electron chi connectivity index (χ1n) is 5.24. The van der Waals surface area contributed by atoms with E-state index in [9.17, 15) is 13.6 Å². The molecule has 1 heterocycles. The molecule has 18 heavy (non-hydrogen) atoms. The molecule has 2 aromatic rings. The quantitative estimate of drug-likeness (QED) is 0.765. The molecule has 0 radical (unpaired) electrons.